The van der Waals surface area contributed by atoms with Gasteiger partial charge in [-0.2, -0.15) is 13.2 Å². The molecule has 1 rings (SSSR count). The van der Waals surface area contributed by atoms with E-state index in [1.165, 1.54) is 0 Å². The smallest absolute Gasteiger partial charge is 0.389 e. The van der Waals surface area contributed by atoms with Crippen LogP contribution >= 0.6 is 0 Å². The number of hydrogen-bond donors (Lipinski definition) is 1. The number of halogens is 3. The van der Waals surface area contributed by atoms with Gasteiger partial charge in [0.15, 0.2) is 0 Å². The van der Waals surface area contributed by atoms with Gasteiger partial charge in [0.05, 0.1) is 14.2 Å². The van der Waals surface area contributed by atoms with E-state index in [-0.39, 0.29) is 12.5 Å². The molecule has 1 aromatic carbocycles. The van der Waals surface area contributed by atoms with Gasteiger partial charge in [-0.25, -0.2) is 0 Å². The normalized spacial score (nSPS) is 13.0. The second kappa shape index (κ2) is 8.12. The van der Waals surface area contributed by atoms with Gasteiger partial charge in [0.25, 0.3) is 0 Å². The minimum atomic E-state index is -4.11. The zero-order valence-electron chi connectivity index (χ0n) is 12.6. The van der Waals surface area contributed by atoms with Gasteiger partial charge >= 0.3 is 6.18 Å². The molecule has 6 heteroatoms. The zero-order chi connectivity index (χ0) is 15.9. The molecule has 3 nitrogen and oxygen atoms in total. The summed E-state index contributed by atoms with van der Waals surface area (Å²) in [6, 6.07) is 5.23. The predicted octanol–water partition coefficient (Wildman–Crippen LogP) is 4.09. The molecule has 0 fully saturated rings. The minimum Gasteiger partial charge on any atom is -0.497 e. The van der Waals surface area contributed by atoms with Gasteiger partial charge in [0.1, 0.15) is 11.5 Å². The van der Waals surface area contributed by atoms with Crippen molar-refractivity contribution >= 4 is 0 Å². The van der Waals surface area contributed by atoms with E-state index in [0.29, 0.717) is 24.5 Å². The van der Waals surface area contributed by atoms with E-state index in [4.69, 9.17) is 9.47 Å². The van der Waals surface area contributed by atoms with Crippen LogP contribution in [0.5, 0.6) is 11.5 Å². The Labute approximate surface area is 123 Å². The molecule has 0 amide bonds. The summed E-state index contributed by atoms with van der Waals surface area (Å²) in [6.07, 6.45) is -4.39. The topological polar surface area (TPSA) is 30.5 Å². The molecule has 1 unspecified atom stereocenters. The molecule has 0 aliphatic rings. The largest absolute Gasteiger partial charge is 0.497 e. The summed E-state index contributed by atoms with van der Waals surface area (Å²) < 4.78 is 47.2. The SMILES string of the molecule is CCNC(CCCC(F)(F)F)c1cc(OC)cc(OC)c1. The van der Waals surface area contributed by atoms with Crippen molar-refractivity contribution in [2.45, 2.75) is 38.4 Å². The molecule has 0 aliphatic carbocycles. The molecular formula is C15H22F3NO2. The van der Waals surface area contributed by atoms with Crippen molar-refractivity contribution in [3.8, 4) is 11.5 Å². The van der Waals surface area contributed by atoms with Gasteiger partial charge in [0.2, 0.25) is 0 Å². The Hall–Kier alpha value is -1.43. The molecule has 1 N–H and O–H groups in total. The van der Waals surface area contributed by atoms with E-state index in [0.717, 1.165) is 5.56 Å². The van der Waals surface area contributed by atoms with Crippen molar-refractivity contribution in [2.24, 2.45) is 0 Å². The lowest BCUT2D eigenvalue weighted by atomic mass is 10.00. The summed E-state index contributed by atoms with van der Waals surface area (Å²) >= 11 is 0. The Morgan fingerprint density at radius 1 is 1.10 bits per heavy atom. The third-order valence-corrected chi connectivity index (χ3v) is 3.18. The number of rotatable bonds is 8. The summed E-state index contributed by atoms with van der Waals surface area (Å²) in [7, 11) is 3.09. The van der Waals surface area contributed by atoms with Crippen LogP contribution in [0, 0.1) is 0 Å². The molecule has 0 saturated heterocycles. The Morgan fingerprint density at radius 2 is 1.67 bits per heavy atom. The molecule has 0 spiro atoms. The Morgan fingerprint density at radius 3 is 2.10 bits per heavy atom. The van der Waals surface area contributed by atoms with Gasteiger partial charge < -0.3 is 14.8 Å². The molecule has 0 radical (unpaired) electrons. The molecule has 0 aliphatic heterocycles. The summed E-state index contributed by atoms with van der Waals surface area (Å²) in [5.74, 6) is 1.26. The highest BCUT2D eigenvalue weighted by atomic mass is 19.4. The summed E-state index contributed by atoms with van der Waals surface area (Å²) in [4.78, 5) is 0. The quantitative estimate of drug-likeness (QED) is 0.785. The Balaban J connectivity index is 2.83. The summed E-state index contributed by atoms with van der Waals surface area (Å²) in [5, 5.41) is 3.21. The minimum absolute atomic E-state index is 0.0840. The van der Waals surface area contributed by atoms with Crippen molar-refractivity contribution in [3.05, 3.63) is 23.8 Å². The van der Waals surface area contributed by atoms with Crippen LogP contribution in [0.15, 0.2) is 18.2 Å². The maximum atomic E-state index is 12.3. The highest BCUT2D eigenvalue weighted by Gasteiger charge is 2.27. The first-order valence-corrected chi connectivity index (χ1v) is 6.92. The average Bonchev–Trinajstić information content (AvgIpc) is 2.44. The summed E-state index contributed by atoms with van der Waals surface area (Å²) in [5.41, 5.74) is 0.871. The average molecular weight is 305 g/mol. The van der Waals surface area contributed by atoms with E-state index < -0.39 is 12.6 Å². The number of benzene rings is 1. The van der Waals surface area contributed by atoms with Gasteiger partial charge in [0, 0.05) is 18.5 Å². The number of ether oxygens (including phenoxy) is 2. The number of hydrogen-bond acceptors (Lipinski definition) is 3. The zero-order valence-corrected chi connectivity index (χ0v) is 12.6. The molecule has 0 bridgehead atoms. The standard InChI is InChI=1S/C15H22F3NO2/c1-4-19-14(6-5-7-15(16,17)18)11-8-12(20-2)10-13(9-11)21-3/h8-10,14,19H,4-7H2,1-3H3. The van der Waals surface area contributed by atoms with Gasteiger partial charge in [-0.1, -0.05) is 6.92 Å². The Bertz CT molecular complexity index is 413. The fraction of sp³-hybridized carbons (Fsp3) is 0.600. The van der Waals surface area contributed by atoms with E-state index in [1.54, 1.807) is 20.3 Å². The maximum Gasteiger partial charge on any atom is 0.389 e. The van der Waals surface area contributed by atoms with Crippen LogP contribution in [-0.2, 0) is 0 Å². The van der Waals surface area contributed by atoms with E-state index in [2.05, 4.69) is 5.32 Å². The van der Waals surface area contributed by atoms with Crippen LogP contribution in [0.25, 0.3) is 0 Å². The highest BCUT2D eigenvalue weighted by Crippen LogP contribution is 2.30. The molecule has 0 heterocycles. The molecule has 21 heavy (non-hydrogen) atoms. The predicted molar refractivity (Wildman–Crippen MR) is 75.9 cm³/mol. The lowest BCUT2D eigenvalue weighted by Crippen LogP contribution is -2.21. The van der Waals surface area contributed by atoms with Crippen LogP contribution in [0.4, 0.5) is 13.2 Å². The van der Waals surface area contributed by atoms with Gasteiger partial charge in [-0.3, -0.25) is 0 Å². The molecule has 1 aromatic rings. The highest BCUT2D eigenvalue weighted by molar-refractivity contribution is 5.39. The molecular weight excluding hydrogens is 283 g/mol. The molecule has 1 atom stereocenters. The van der Waals surface area contributed by atoms with Gasteiger partial charge in [-0.05, 0) is 37.1 Å². The second-order valence-corrected chi connectivity index (χ2v) is 4.76. The fourth-order valence-electron chi connectivity index (χ4n) is 2.17. The third kappa shape index (κ3) is 6.25. The first-order valence-electron chi connectivity index (χ1n) is 6.92. The third-order valence-electron chi connectivity index (χ3n) is 3.18. The van der Waals surface area contributed by atoms with Crippen molar-refractivity contribution in [1.29, 1.82) is 0 Å². The fourth-order valence-corrected chi connectivity index (χ4v) is 2.17. The van der Waals surface area contributed by atoms with Crippen LogP contribution < -0.4 is 14.8 Å². The van der Waals surface area contributed by atoms with Crippen LogP contribution in [0.3, 0.4) is 0 Å². The van der Waals surface area contributed by atoms with E-state index in [1.807, 2.05) is 19.1 Å². The monoisotopic (exact) mass is 305 g/mol. The molecule has 0 saturated carbocycles. The van der Waals surface area contributed by atoms with Crippen LogP contribution in [0.1, 0.15) is 37.8 Å². The van der Waals surface area contributed by atoms with E-state index >= 15 is 0 Å². The van der Waals surface area contributed by atoms with Gasteiger partial charge in [-0.15, -0.1) is 0 Å². The maximum absolute atomic E-state index is 12.3. The number of nitrogens with one attached hydrogen (secondary N) is 1. The van der Waals surface area contributed by atoms with E-state index in [9.17, 15) is 13.2 Å². The molecule has 0 aromatic heterocycles. The van der Waals surface area contributed by atoms with Crippen LogP contribution in [0.2, 0.25) is 0 Å². The number of alkyl halides is 3. The van der Waals surface area contributed by atoms with Crippen LogP contribution in [-0.4, -0.2) is 26.9 Å². The van der Waals surface area contributed by atoms with Crippen molar-refractivity contribution < 1.29 is 22.6 Å². The number of methoxy groups -OCH3 is 2. The van der Waals surface area contributed by atoms with Crippen molar-refractivity contribution in [2.75, 3.05) is 20.8 Å². The van der Waals surface area contributed by atoms with Crippen molar-refractivity contribution in [3.63, 3.8) is 0 Å². The molecule has 120 valence electrons. The summed E-state index contributed by atoms with van der Waals surface area (Å²) in [6.45, 7) is 2.60. The first-order chi connectivity index (χ1) is 9.89. The lowest BCUT2D eigenvalue weighted by molar-refractivity contribution is -0.135. The first kappa shape index (κ1) is 17.6. The Kier molecular flexibility index (Phi) is 6.81. The lowest BCUT2D eigenvalue weighted by Gasteiger charge is -2.20. The van der Waals surface area contributed by atoms with Crippen molar-refractivity contribution in [1.82, 2.24) is 5.32 Å². The second-order valence-electron chi connectivity index (χ2n) is 4.76.